The van der Waals surface area contributed by atoms with Crippen LogP contribution in [0.1, 0.15) is 22.3 Å². The predicted octanol–water partition coefficient (Wildman–Crippen LogP) is 3.05. The van der Waals surface area contributed by atoms with E-state index in [0.717, 1.165) is 16.5 Å². The van der Waals surface area contributed by atoms with Crippen LogP contribution in [0.3, 0.4) is 0 Å². The number of pyridine rings is 1. The van der Waals surface area contributed by atoms with Gasteiger partial charge in [0.05, 0.1) is 11.1 Å². The van der Waals surface area contributed by atoms with Gasteiger partial charge in [0.25, 0.3) is 5.91 Å². The number of rotatable bonds is 6. The van der Waals surface area contributed by atoms with Crippen LogP contribution in [0, 0.1) is 0 Å². The number of carboxylic acids is 1. The minimum atomic E-state index is -1.04. The van der Waals surface area contributed by atoms with Crippen molar-refractivity contribution in [2.45, 2.75) is 18.9 Å². The first kappa shape index (κ1) is 16.6. The molecule has 25 heavy (non-hydrogen) atoms. The molecule has 5 nitrogen and oxygen atoms in total. The number of nitrogens with zero attached hydrogens (tertiary/aromatic N) is 1. The summed E-state index contributed by atoms with van der Waals surface area (Å²) in [4.78, 5) is 28.1. The first-order chi connectivity index (χ1) is 12.1. The van der Waals surface area contributed by atoms with Crippen molar-refractivity contribution in [2.75, 3.05) is 0 Å². The molecule has 0 unspecified atom stereocenters. The van der Waals surface area contributed by atoms with Gasteiger partial charge in [-0.1, -0.05) is 48.5 Å². The number of aryl methyl sites for hydroxylation is 1. The fourth-order valence-electron chi connectivity index (χ4n) is 2.65. The third-order valence-corrected chi connectivity index (χ3v) is 4.02. The highest BCUT2D eigenvalue weighted by Crippen LogP contribution is 2.13. The van der Waals surface area contributed by atoms with Gasteiger partial charge in [0, 0.05) is 11.6 Å². The van der Waals surface area contributed by atoms with Crippen molar-refractivity contribution in [3.63, 3.8) is 0 Å². The van der Waals surface area contributed by atoms with E-state index in [1.807, 2.05) is 54.6 Å². The first-order valence-corrected chi connectivity index (χ1v) is 8.06. The van der Waals surface area contributed by atoms with Gasteiger partial charge in [-0.05, 0) is 30.5 Å². The number of aromatic nitrogens is 1. The number of benzene rings is 2. The number of para-hydroxylation sites is 1. The van der Waals surface area contributed by atoms with E-state index in [-0.39, 0.29) is 0 Å². The van der Waals surface area contributed by atoms with Crippen LogP contribution >= 0.6 is 0 Å². The lowest BCUT2D eigenvalue weighted by Gasteiger charge is -2.14. The fraction of sp³-hybridized carbons (Fsp3) is 0.150. The molecule has 126 valence electrons. The summed E-state index contributed by atoms with van der Waals surface area (Å²) < 4.78 is 0. The second kappa shape index (κ2) is 7.57. The maximum atomic E-state index is 12.4. The van der Waals surface area contributed by atoms with Gasteiger partial charge in [0.2, 0.25) is 0 Å². The average Bonchev–Trinajstić information content (AvgIpc) is 2.65. The van der Waals surface area contributed by atoms with Crippen molar-refractivity contribution in [3.05, 3.63) is 78.0 Å². The molecule has 5 heteroatoms. The zero-order chi connectivity index (χ0) is 17.6. The summed E-state index contributed by atoms with van der Waals surface area (Å²) in [5, 5.41) is 12.8. The number of hydrogen-bond acceptors (Lipinski definition) is 3. The third-order valence-electron chi connectivity index (χ3n) is 4.02. The van der Waals surface area contributed by atoms with Gasteiger partial charge >= 0.3 is 5.97 Å². The van der Waals surface area contributed by atoms with Crippen LogP contribution in [0.5, 0.6) is 0 Å². The van der Waals surface area contributed by atoms with Crippen LogP contribution in [-0.2, 0) is 11.2 Å². The van der Waals surface area contributed by atoms with Crippen molar-refractivity contribution in [2.24, 2.45) is 0 Å². The minimum absolute atomic E-state index is 0.325. The number of aliphatic carboxylic acids is 1. The lowest BCUT2D eigenvalue weighted by Crippen LogP contribution is -2.41. The summed E-state index contributed by atoms with van der Waals surface area (Å²) in [6.45, 7) is 0. The SMILES string of the molecule is O=C(N[C@H](CCc1ccccc1)C(=O)O)c1cnc2ccccc2c1. The molecule has 1 heterocycles. The summed E-state index contributed by atoms with van der Waals surface area (Å²) >= 11 is 0. The van der Waals surface area contributed by atoms with E-state index in [1.54, 1.807) is 6.07 Å². The zero-order valence-electron chi connectivity index (χ0n) is 13.6. The normalized spacial score (nSPS) is 11.8. The first-order valence-electron chi connectivity index (χ1n) is 8.06. The van der Waals surface area contributed by atoms with Crippen molar-refractivity contribution in [1.82, 2.24) is 10.3 Å². The van der Waals surface area contributed by atoms with Gasteiger partial charge in [0.15, 0.2) is 0 Å². The maximum Gasteiger partial charge on any atom is 0.326 e. The molecule has 0 aliphatic carbocycles. The Bertz CT molecular complexity index is 894. The Hall–Kier alpha value is -3.21. The van der Waals surface area contributed by atoms with Gasteiger partial charge in [0.1, 0.15) is 6.04 Å². The van der Waals surface area contributed by atoms with Crippen LogP contribution in [0.25, 0.3) is 10.9 Å². The number of nitrogens with one attached hydrogen (secondary N) is 1. The molecule has 0 fully saturated rings. The van der Waals surface area contributed by atoms with E-state index in [9.17, 15) is 14.7 Å². The summed E-state index contributed by atoms with van der Waals surface area (Å²) in [6, 6.07) is 17.8. The Kier molecular flexibility index (Phi) is 5.04. The number of fused-ring (bicyclic) bond motifs is 1. The lowest BCUT2D eigenvalue weighted by atomic mass is 10.0. The van der Waals surface area contributed by atoms with Crippen LogP contribution in [0.15, 0.2) is 66.9 Å². The molecule has 2 N–H and O–H groups in total. The molecular formula is C20H18N2O3. The van der Waals surface area contributed by atoms with Crippen LogP contribution in [-0.4, -0.2) is 28.0 Å². The smallest absolute Gasteiger partial charge is 0.326 e. The molecule has 1 amide bonds. The Morgan fingerprint density at radius 1 is 1.04 bits per heavy atom. The van der Waals surface area contributed by atoms with E-state index in [1.165, 1.54) is 6.20 Å². The third kappa shape index (κ3) is 4.20. The van der Waals surface area contributed by atoms with Crippen molar-refractivity contribution >= 4 is 22.8 Å². The fourth-order valence-corrected chi connectivity index (χ4v) is 2.65. The van der Waals surface area contributed by atoms with Crippen molar-refractivity contribution in [1.29, 1.82) is 0 Å². The van der Waals surface area contributed by atoms with Crippen molar-refractivity contribution in [3.8, 4) is 0 Å². The van der Waals surface area contributed by atoms with E-state index in [0.29, 0.717) is 18.4 Å². The standard InChI is InChI=1S/C20H18N2O3/c23-19(16-12-15-8-4-5-9-17(15)21-13-16)22-18(20(24)25)11-10-14-6-2-1-3-7-14/h1-9,12-13,18H,10-11H2,(H,22,23)(H,24,25)/t18-/m1/s1. The van der Waals surface area contributed by atoms with E-state index in [2.05, 4.69) is 10.3 Å². The molecule has 0 radical (unpaired) electrons. The molecule has 0 aliphatic heterocycles. The van der Waals surface area contributed by atoms with E-state index < -0.39 is 17.9 Å². The lowest BCUT2D eigenvalue weighted by molar-refractivity contribution is -0.139. The van der Waals surface area contributed by atoms with E-state index in [4.69, 9.17) is 0 Å². The highest BCUT2D eigenvalue weighted by molar-refractivity contribution is 5.99. The molecule has 3 rings (SSSR count). The van der Waals surface area contributed by atoms with Crippen LogP contribution in [0.2, 0.25) is 0 Å². The van der Waals surface area contributed by atoms with Gasteiger partial charge in [-0.15, -0.1) is 0 Å². The predicted molar refractivity (Wildman–Crippen MR) is 95.4 cm³/mol. The minimum Gasteiger partial charge on any atom is -0.480 e. The highest BCUT2D eigenvalue weighted by atomic mass is 16.4. The Balaban J connectivity index is 1.70. The van der Waals surface area contributed by atoms with Crippen LogP contribution < -0.4 is 5.32 Å². The van der Waals surface area contributed by atoms with Crippen LogP contribution in [0.4, 0.5) is 0 Å². The van der Waals surface area contributed by atoms with Gasteiger partial charge in [-0.2, -0.15) is 0 Å². The number of carbonyl (C=O) groups excluding carboxylic acids is 1. The quantitative estimate of drug-likeness (QED) is 0.726. The largest absolute Gasteiger partial charge is 0.480 e. The summed E-state index contributed by atoms with van der Waals surface area (Å²) in [6.07, 6.45) is 2.37. The van der Waals surface area contributed by atoms with E-state index >= 15 is 0 Å². The Morgan fingerprint density at radius 2 is 1.76 bits per heavy atom. The summed E-state index contributed by atoms with van der Waals surface area (Å²) in [5.74, 6) is -1.48. The number of carboxylic acid groups (broad SMARTS) is 1. The van der Waals surface area contributed by atoms with Gasteiger partial charge < -0.3 is 10.4 Å². The highest BCUT2D eigenvalue weighted by Gasteiger charge is 2.20. The number of amides is 1. The molecule has 1 aromatic heterocycles. The second-order valence-electron chi connectivity index (χ2n) is 5.81. The van der Waals surface area contributed by atoms with Gasteiger partial charge in [-0.25, -0.2) is 4.79 Å². The Morgan fingerprint density at radius 3 is 2.52 bits per heavy atom. The average molecular weight is 334 g/mol. The zero-order valence-corrected chi connectivity index (χ0v) is 13.6. The topological polar surface area (TPSA) is 79.3 Å². The monoisotopic (exact) mass is 334 g/mol. The molecule has 2 aromatic carbocycles. The molecule has 0 saturated heterocycles. The summed E-state index contributed by atoms with van der Waals surface area (Å²) in [5.41, 5.74) is 2.18. The molecule has 3 aromatic rings. The summed E-state index contributed by atoms with van der Waals surface area (Å²) in [7, 11) is 0. The molecule has 0 spiro atoms. The molecule has 0 aliphatic rings. The molecule has 1 atom stereocenters. The van der Waals surface area contributed by atoms with Gasteiger partial charge in [-0.3, -0.25) is 9.78 Å². The molecular weight excluding hydrogens is 316 g/mol. The Labute approximate surface area is 145 Å². The second-order valence-corrected chi connectivity index (χ2v) is 5.81. The molecule has 0 saturated carbocycles. The maximum absolute atomic E-state index is 12.4. The molecule has 0 bridgehead atoms. The number of carbonyl (C=O) groups is 2. The van der Waals surface area contributed by atoms with Crippen molar-refractivity contribution < 1.29 is 14.7 Å². The number of hydrogen-bond donors (Lipinski definition) is 2.